The summed E-state index contributed by atoms with van der Waals surface area (Å²) >= 11 is 0. The molecule has 0 bridgehead atoms. The predicted octanol–water partition coefficient (Wildman–Crippen LogP) is 1.00. The highest BCUT2D eigenvalue weighted by Crippen LogP contribution is 2.24. The molecule has 18 nitrogen and oxygen atoms in total. The van der Waals surface area contributed by atoms with E-state index in [0.29, 0.717) is 11.1 Å². The monoisotopic (exact) mass is 757 g/mol. The number of amides is 5. The zero-order valence-electron chi connectivity index (χ0n) is 29.9. The van der Waals surface area contributed by atoms with Gasteiger partial charge in [-0.15, -0.1) is 0 Å². The van der Waals surface area contributed by atoms with Gasteiger partial charge in [0.25, 0.3) is 0 Å². The molecule has 18 heteroatoms. The number of benzene rings is 2. The lowest BCUT2D eigenvalue weighted by Gasteiger charge is -2.26. The zero-order valence-corrected chi connectivity index (χ0v) is 29.9. The van der Waals surface area contributed by atoms with Crippen LogP contribution in [0.3, 0.4) is 0 Å². The molecule has 0 aliphatic carbocycles. The smallest absolute Gasteiger partial charge is 0.326 e. The number of aliphatic carboxylic acids is 4. The average molecular weight is 758 g/mol. The second-order valence-electron chi connectivity index (χ2n) is 13.4. The molecule has 0 aliphatic heterocycles. The largest absolute Gasteiger partial charge is 0.508 e. The topological polar surface area (TPSA) is 298 Å². The van der Waals surface area contributed by atoms with Crippen LogP contribution in [0.2, 0.25) is 0 Å². The van der Waals surface area contributed by atoms with E-state index in [0.717, 1.165) is 0 Å². The third-order valence-corrected chi connectivity index (χ3v) is 8.20. The van der Waals surface area contributed by atoms with E-state index in [1.165, 1.54) is 24.3 Å². The molecule has 0 aromatic heterocycles. The van der Waals surface area contributed by atoms with E-state index in [1.54, 1.807) is 44.2 Å². The predicted molar refractivity (Wildman–Crippen MR) is 190 cm³/mol. The van der Waals surface area contributed by atoms with E-state index in [9.17, 15) is 58.8 Å². The van der Waals surface area contributed by atoms with Crippen molar-refractivity contribution < 1.29 is 63.9 Å². The summed E-state index contributed by atoms with van der Waals surface area (Å²) < 4.78 is 0. The standard InChI is InChI=1S/C36H47N5O13/c1-36(2,16-17-37-28(43)14-12-24(32(48)49)40-35(54)41-25(33(50)51)13-15-30(45)46)20-29(44)38-26(18-21-6-4-3-5-7-21)31(47)39-27(34(52)53)19-22-8-10-23(42)11-9-22/h3-11,24-27,42H,12-20H2,1-2H3,(H,37,43)(H,38,44)(H,39,47)(H,45,46)(H,48,49)(H,50,51)(H,52,53)(H2,40,41,54)/t24-,25-,26-,27-/m0/s1. The lowest BCUT2D eigenvalue weighted by Crippen LogP contribution is -2.53. The molecule has 4 atom stereocenters. The van der Waals surface area contributed by atoms with E-state index < -0.39 is 90.1 Å². The average Bonchev–Trinajstić information content (AvgIpc) is 3.08. The van der Waals surface area contributed by atoms with Gasteiger partial charge in [0.2, 0.25) is 17.7 Å². The Bertz CT molecular complexity index is 1630. The maximum Gasteiger partial charge on any atom is 0.326 e. The number of hydrogen-bond donors (Lipinski definition) is 10. The molecule has 0 spiro atoms. The van der Waals surface area contributed by atoms with Crippen molar-refractivity contribution in [2.75, 3.05) is 6.54 Å². The van der Waals surface area contributed by atoms with Gasteiger partial charge in [-0.1, -0.05) is 56.3 Å². The number of nitrogens with one attached hydrogen (secondary N) is 5. The first kappa shape index (κ1) is 44.0. The van der Waals surface area contributed by atoms with Gasteiger partial charge in [0.15, 0.2) is 0 Å². The van der Waals surface area contributed by atoms with Gasteiger partial charge < -0.3 is 52.1 Å². The van der Waals surface area contributed by atoms with Crippen molar-refractivity contribution in [1.82, 2.24) is 26.6 Å². The molecular weight excluding hydrogens is 710 g/mol. The van der Waals surface area contributed by atoms with Gasteiger partial charge in [0, 0.05) is 38.6 Å². The number of carboxylic acid groups (broad SMARTS) is 4. The molecule has 0 saturated carbocycles. The molecule has 294 valence electrons. The maximum atomic E-state index is 13.4. The summed E-state index contributed by atoms with van der Waals surface area (Å²) in [4.78, 5) is 97.0. The Kier molecular flexibility index (Phi) is 17.4. The fourth-order valence-corrected chi connectivity index (χ4v) is 5.21. The number of phenolic OH excluding ortho intramolecular Hbond substituents is 1. The summed E-state index contributed by atoms with van der Waals surface area (Å²) in [6.45, 7) is 3.60. The highest BCUT2D eigenvalue weighted by atomic mass is 16.4. The normalized spacial score (nSPS) is 13.2. The van der Waals surface area contributed by atoms with Crippen LogP contribution in [0.1, 0.15) is 63.5 Å². The first-order valence-corrected chi connectivity index (χ1v) is 17.0. The van der Waals surface area contributed by atoms with Crippen LogP contribution in [0.15, 0.2) is 54.6 Å². The number of phenols is 1. The van der Waals surface area contributed by atoms with Gasteiger partial charge in [0.05, 0.1) is 0 Å². The first-order chi connectivity index (χ1) is 25.3. The fraction of sp³-hybridized carbons (Fsp3) is 0.444. The second kappa shape index (κ2) is 21.4. The number of carbonyl (C=O) groups excluding carboxylic acids is 4. The third-order valence-electron chi connectivity index (χ3n) is 8.20. The Hall–Kier alpha value is -6.20. The van der Waals surface area contributed by atoms with Crippen LogP contribution in [0.25, 0.3) is 0 Å². The Morgan fingerprint density at radius 3 is 1.67 bits per heavy atom. The first-order valence-electron chi connectivity index (χ1n) is 17.0. The van der Waals surface area contributed by atoms with E-state index in [4.69, 9.17) is 5.11 Å². The van der Waals surface area contributed by atoms with E-state index in [-0.39, 0.29) is 50.8 Å². The van der Waals surface area contributed by atoms with Crippen LogP contribution < -0.4 is 26.6 Å². The molecule has 2 rings (SSSR count). The lowest BCUT2D eigenvalue weighted by molar-refractivity contribution is -0.142. The Labute approximate surface area is 310 Å². The van der Waals surface area contributed by atoms with Gasteiger partial charge in [-0.25, -0.2) is 19.2 Å². The van der Waals surface area contributed by atoms with E-state index >= 15 is 0 Å². The number of aromatic hydroxyl groups is 1. The Balaban J connectivity index is 1.94. The quantitative estimate of drug-likeness (QED) is 0.0758. The van der Waals surface area contributed by atoms with Crippen molar-refractivity contribution in [1.29, 1.82) is 0 Å². The number of rotatable bonds is 23. The molecule has 0 heterocycles. The van der Waals surface area contributed by atoms with Gasteiger partial charge in [-0.2, -0.15) is 0 Å². The molecule has 0 fully saturated rings. The van der Waals surface area contributed by atoms with Crippen LogP contribution >= 0.6 is 0 Å². The van der Waals surface area contributed by atoms with Crippen molar-refractivity contribution in [3.63, 3.8) is 0 Å². The zero-order chi connectivity index (χ0) is 40.4. The molecule has 0 radical (unpaired) electrons. The maximum absolute atomic E-state index is 13.4. The van der Waals surface area contributed by atoms with Crippen LogP contribution in [0.5, 0.6) is 5.75 Å². The second-order valence-corrected chi connectivity index (χ2v) is 13.4. The minimum atomic E-state index is -1.58. The minimum absolute atomic E-state index is 0.000388. The van der Waals surface area contributed by atoms with Crippen LogP contribution in [-0.4, -0.2) is 104 Å². The van der Waals surface area contributed by atoms with Crippen molar-refractivity contribution in [3.8, 4) is 5.75 Å². The molecule has 0 aliphatic rings. The van der Waals surface area contributed by atoms with Gasteiger partial charge >= 0.3 is 29.9 Å². The van der Waals surface area contributed by atoms with E-state index in [1.807, 2.05) is 5.32 Å². The molecule has 0 unspecified atom stereocenters. The lowest BCUT2D eigenvalue weighted by atomic mass is 9.85. The van der Waals surface area contributed by atoms with Crippen molar-refractivity contribution in [3.05, 3.63) is 65.7 Å². The van der Waals surface area contributed by atoms with Gasteiger partial charge in [-0.05, 0) is 47.9 Å². The molecule has 2 aromatic carbocycles. The SMILES string of the molecule is CC(C)(CCNC(=O)CC[C@H](NC(=O)N[C@@H](CCC(=O)O)C(=O)O)C(=O)O)CC(=O)N[C@@H](Cc1ccccc1)C(=O)N[C@@H](Cc1ccc(O)cc1)C(=O)O. The number of hydrogen-bond acceptors (Lipinski definition) is 9. The van der Waals surface area contributed by atoms with Gasteiger partial charge in [-0.3, -0.25) is 19.2 Å². The van der Waals surface area contributed by atoms with Crippen molar-refractivity contribution >= 4 is 47.6 Å². The number of urea groups is 1. The molecular formula is C36H47N5O13. The molecule has 5 amide bonds. The fourth-order valence-electron chi connectivity index (χ4n) is 5.21. The molecule has 54 heavy (non-hydrogen) atoms. The van der Waals surface area contributed by atoms with Gasteiger partial charge in [0.1, 0.15) is 29.9 Å². The summed E-state index contributed by atoms with van der Waals surface area (Å²) in [5.41, 5.74) is 0.561. The Morgan fingerprint density at radius 2 is 1.13 bits per heavy atom. The van der Waals surface area contributed by atoms with Crippen LogP contribution in [-0.2, 0) is 46.4 Å². The highest BCUT2D eigenvalue weighted by molar-refractivity contribution is 5.91. The molecule has 10 N–H and O–H groups in total. The van der Waals surface area contributed by atoms with E-state index in [2.05, 4.69) is 21.3 Å². The summed E-state index contributed by atoms with van der Waals surface area (Å²) in [6.07, 6.45) is -1.47. The van der Waals surface area contributed by atoms with Crippen LogP contribution in [0, 0.1) is 5.41 Å². The summed E-state index contributed by atoms with van der Waals surface area (Å²) in [5, 5.41) is 58.6. The third kappa shape index (κ3) is 16.9. The summed E-state index contributed by atoms with van der Waals surface area (Å²) in [7, 11) is 0. The highest BCUT2D eigenvalue weighted by Gasteiger charge is 2.30. The Morgan fingerprint density at radius 1 is 0.611 bits per heavy atom. The van der Waals surface area contributed by atoms with Crippen molar-refractivity contribution in [2.45, 2.75) is 89.4 Å². The number of carboxylic acids is 4. The molecule has 0 saturated heterocycles. The minimum Gasteiger partial charge on any atom is -0.508 e. The summed E-state index contributed by atoms with van der Waals surface area (Å²) in [6, 6.07) is 7.91. The molecule has 2 aromatic rings. The van der Waals surface area contributed by atoms with Crippen molar-refractivity contribution in [2.24, 2.45) is 5.41 Å². The summed E-state index contributed by atoms with van der Waals surface area (Å²) in [5.74, 6) is -7.35. The number of carbonyl (C=O) groups is 8. The van der Waals surface area contributed by atoms with Crippen LogP contribution in [0.4, 0.5) is 4.79 Å².